The number of carbonyl (C=O) groups excluding carboxylic acids is 1. The Labute approximate surface area is 169 Å². The van der Waals surface area contributed by atoms with Gasteiger partial charge in [-0.25, -0.2) is 13.2 Å². The summed E-state index contributed by atoms with van der Waals surface area (Å²) in [6.07, 6.45) is 0.681. The van der Waals surface area contributed by atoms with E-state index in [0.29, 0.717) is 6.42 Å². The lowest BCUT2D eigenvalue weighted by Gasteiger charge is -2.25. The minimum absolute atomic E-state index is 0.101. The first-order valence-electron chi connectivity index (χ1n) is 9.19. The fourth-order valence-electron chi connectivity index (χ4n) is 2.97. The van der Waals surface area contributed by atoms with Gasteiger partial charge in [-0.05, 0) is 57.4 Å². The summed E-state index contributed by atoms with van der Waals surface area (Å²) in [5, 5.41) is 2.73. The quantitative estimate of drug-likeness (QED) is 0.615. The van der Waals surface area contributed by atoms with Crippen LogP contribution in [0.25, 0.3) is 0 Å². The lowest BCUT2D eigenvalue weighted by Crippen LogP contribution is -2.45. The molecule has 1 atom stereocenters. The molecule has 1 heterocycles. The summed E-state index contributed by atoms with van der Waals surface area (Å²) in [5.41, 5.74) is -0.0894. The number of aromatic amines is 2. The number of aryl methyl sites for hydroxylation is 3. The predicted molar refractivity (Wildman–Crippen MR) is 111 cm³/mol. The summed E-state index contributed by atoms with van der Waals surface area (Å²) in [5.74, 6) is -0.499. The monoisotopic (exact) mass is 422 g/mol. The van der Waals surface area contributed by atoms with Crippen molar-refractivity contribution in [3.8, 4) is 0 Å². The van der Waals surface area contributed by atoms with Crippen LogP contribution in [-0.2, 0) is 14.8 Å². The van der Waals surface area contributed by atoms with Gasteiger partial charge in [0.25, 0.3) is 15.6 Å². The number of aromatic nitrogens is 2. The third-order valence-electron chi connectivity index (χ3n) is 4.42. The van der Waals surface area contributed by atoms with Crippen molar-refractivity contribution in [3.63, 3.8) is 0 Å². The van der Waals surface area contributed by atoms with E-state index in [1.165, 1.54) is 6.92 Å². The molecule has 10 heteroatoms. The molecule has 158 valence electrons. The van der Waals surface area contributed by atoms with Crippen LogP contribution < -0.4 is 20.9 Å². The highest BCUT2D eigenvalue weighted by atomic mass is 32.2. The van der Waals surface area contributed by atoms with E-state index >= 15 is 0 Å². The maximum atomic E-state index is 13.4. The zero-order valence-corrected chi connectivity index (χ0v) is 17.9. The van der Waals surface area contributed by atoms with Gasteiger partial charge in [-0.15, -0.1) is 0 Å². The van der Waals surface area contributed by atoms with Crippen LogP contribution in [-0.4, -0.2) is 36.9 Å². The normalized spacial score (nSPS) is 12.4. The summed E-state index contributed by atoms with van der Waals surface area (Å²) in [7, 11) is -4.44. The minimum Gasteiger partial charge on any atom is -0.352 e. The molecule has 29 heavy (non-hydrogen) atoms. The molecule has 0 aliphatic rings. The number of hydrogen-bond acceptors (Lipinski definition) is 5. The zero-order chi connectivity index (χ0) is 21.9. The molecular weight excluding hydrogens is 396 g/mol. The Morgan fingerprint density at radius 2 is 1.69 bits per heavy atom. The predicted octanol–water partition coefficient (Wildman–Crippen LogP) is 1.10. The standard InChI is InChI=1S/C19H26N4O5S/c1-6-13(4)20-16(24)10-23(15-8-11(2)7-12(3)9-15)29(27,28)17-14(5)21-19(26)22-18(17)25/h7-9,13H,6,10H2,1-5H3,(H,20,24)(H2,21,22,25,26)/t13-/m1/s1. The first-order valence-corrected chi connectivity index (χ1v) is 10.6. The van der Waals surface area contributed by atoms with Gasteiger partial charge >= 0.3 is 5.69 Å². The van der Waals surface area contributed by atoms with E-state index in [-0.39, 0.29) is 17.4 Å². The molecule has 0 spiro atoms. The van der Waals surface area contributed by atoms with Crippen LogP contribution in [0.2, 0.25) is 0 Å². The summed E-state index contributed by atoms with van der Waals surface area (Å²) >= 11 is 0. The Balaban J connectivity index is 2.64. The summed E-state index contributed by atoms with van der Waals surface area (Å²) in [6.45, 7) is 8.13. The summed E-state index contributed by atoms with van der Waals surface area (Å²) in [6, 6.07) is 4.97. The lowest BCUT2D eigenvalue weighted by atomic mass is 10.1. The Morgan fingerprint density at radius 1 is 1.10 bits per heavy atom. The number of anilines is 1. The van der Waals surface area contributed by atoms with Crippen molar-refractivity contribution in [1.29, 1.82) is 0 Å². The Morgan fingerprint density at radius 3 is 2.21 bits per heavy atom. The molecule has 9 nitrogen and oxygen atoms in total. The first kappa shape index (κ1) is 22.4. The molecule has 0 radical (unpaired) electrons. The highest BCUT2D eigenvalue weighted by Gasteiger charge is 2.32. The molecule has 0 fully saturated rings. The average molecular weight is 423 g/mol. The van der Waals surface area contributed by atoms with E-state index in [9.17, 15) is 22.8 Å². The van der Waals surface area contributed by atoms with Gasteiger partial charge in [-0.1, -0.05) is 13.0 Å². The van der Waals surface area contributed by atoms with Crippen molar-refractivity contribution in [2.45, 2.75) is 52.0 Å². The van der Waals surface area contributed by atoms with Crippen molar-refractivity contribution < 1.29 is 13.2 Å². The van der Waals surface area contributed by atoms with Crippen molar-refractivity contribution in [2.75, 3.05) is 10.8 Å². The molecular formula is C19H26N4O5S. The molecule has 0 aliphatic carbocycles. The molecule has 1 aromatic heterocycles. The van der Waals surface area contributed by atoms with Crippen LogP contribution in [0, 0.1) is 20.8 Å². The SMILES string of the molecule is CC[C@@H](C)NC(=O)CN(c1cc(C)cc(C)c1)S(=O)(=O)c1c(C)[nH]c(=O)[nH]c1=O. The van der Waals surface area contributed by atoms with Gasteiger partial charge in [0.05, 0.1) is 5.69 Å². The number of rotatable bonds is 7. The van der Waals surface area contributed by atoms with E-state index < -0.39 is 38.6 Å². The Hall–Kier alpha value is -2.88. The number of amides is 1. The third kappa shape index (κ3) is 5.14. The molecule has 1 amide bonds. The van der Waals surface area contributed by atoms with Gasteiger partial charge in [0.15, 0.2) is 4.90 Å². The number of nitrogens with one attached hydrogen (secondary N) is 3. The van der Waals surface area contributed by atoms with Gasteiger partial charge < -0.3 is 10.3 Å². The van der Waals surface area contributed by atoms with Gasteiger partial charge in [0, 0.05) is 11.7 Å². The van der Waals surface area contributed by atoms with Crippen LogP contribution in [0.15, 0.2) is 32.7 Å². The van der Waals surface area contributed by atoms with E-state index in [1.54, 1.807) is 26.0 Å². The van der Waals surface area contributed by atoms with Gasteiger partial charge in [0.1, 0.15) is 6.54 Å². The van der Waals surface area contributed by atoms with Gasteiger partial charge in [-0.2, -0.15) is 0 Å². The van der Waals surface area contributed by atoms with E-state index in [0.717, 1.165) is 15.4 Å². The highest BCUT2D eigenvalue weighted by Crippen LogP contribution is 2.25. The fourth-order valence-corrected chi connectivity index (χ4v) is 4.59. The second-order valence-electron chi connectivity index (χ2n) is 7.10. The highest BCUT2D eigenvalue weighted by molar-refractivity contribution is 7.92. The topological polar surface area (TPSA) is 132 Å². The maximum absolute atomic E-state index is 13.4. The Kier molecular flexibility index (Phi) is 6.68. The molecule has 0 unspecified atom stereocenters. The molecule has 2 rings (SSSR count). The van der Waals surface area contributed by atoms with Crippen molar-refractivity contribution in [1.82, 2.24) is 15.3 Å². The van der Waals surface area contributed by atoms with Crippen LogP contribution in [0.5, 0.6) is 0 Å². The van der Waals surface area contributed by atoms with Gasteiger partial charge in [-0.3, -0.25) is 18.9 Å². The third-order valence-corrected chi connectivity index (χ3v) is 6.35. The van der Waals surface area contributed by atoms with Gasteiger partial charge in [0.2, 0.25) is 5.91 Å². The second-order valence-corrected chi connectivity index (χ2v) is 8.90. The molecule has 2 aromatic rings. The van der Waals surface area contributed by atoms with Crippen LogP contribution in [0.3, 0.4) is 0 Å². The van der Waals surface area contributed by atoms with Crippen molar-refractivity contribution in [2.24, 2.45) is 0 Å². The number of nitrogens with zero attached hydrogens (tertiary/aromatic N) is 1. The molecule has 1 aromatic carbocycles. The fraction of sp³-hybridized carbons (Fsp3) is 0.421. The van der Waals surface area contributed by atoms with E-state index in [2.05, 4.69) is 10.3 Å². The van der Waals surface area contributed by atoms with Crippen molar-refractivity contribution in [3.05, 3.63) is 55.9 Å². The first-order chi connectivity index (χ1) is 13.4. The number of sulfonamides is 1. The molecule has 0 aliphatic heterocycles. The Bertz CT molecular complexity index is 1110. The number of H-pyrrole nitrogens is 2. The summed E-state index contributed by atoms with van der Waals surface area (Å²) < 4.78 is 27.7. The van der Waals surface area contributed by atoms with Crippen molar-refractivity contribution >= 4 is 21.6 Å². The maximum Gasteiger partial charge on any atom is 0.325 e. The van der Waals surface area contributed by atoms with E-state index in [4.69, 9.17) is 0 Å². The van der Waals surface area contributed by atoms with Crippen LogP contribution in [0.1, 0.15) is 37.1 Å². The molecule has 0 saturated heterocycles. The smallest absolute Gasteiger partial charge is 0.325 e. The van der Waals surface area contributed by atoms with Crippen LogP contribution >= 0.6 is 0 Å². The number of benzene rings is 1. The second kappa shape index (κ2) is 8.64. The molecule has 3 N–H and O–H groups in total. The molecule has 0 bridgehead atoms. The molecule has 0 saturated carbocycles. The number of hydrogen-bond donors (Lipinski definition) is 3. The van der Waals surface area contributed by atoms with Crippen LogP contribution in [0.4, 0.5) is 5.69 Å². The summed E-state index contributed by atoms with van der Waals surface area (Å²) in [4.78, 5) is 39.9. The van der Waals surface area contributed by atoms with E-state index in [1.807, 2.05) is 24.9 Å². The lowest BCUT2D eigenvalue weighted by molar-refractivity contribution is -0.120. The number of carbonyl (C=O) groups is 1. The minimum atomic E-state index is -4.44. The zero-order valence-electron chi connectivity index (χ0n) is 17.1. The largest absolute Gasteiger partial charge is 0.352 e. The average Bonchev–Trinajstić information content (AvgIpc) is 2.57.